The standard InChI is InChI=1S/C15H21N3O2/c1-5-7-8-9-16-17(6-2)15-12(3)10-14(18(19)20)11-13(15)4/h6,9-11H,2,5,7-8H2,1,3-4H3/b16-9-. The van der Waals surface area contributed by atoms with E-state index in [0.29, 0.717) is 0 Å². The van der Waals surface area contributed by atoms with E-state index < -0.39 is 0 Å². The molecular weight excluding hydrogens is 254 g/mol. The Labute approximate surface area is 119 Å². The van der Waals surface area contributed by atoms with Gasteiger partial charge in [0.25, 0.3) is 5.69 Å². The Balaban J connectivity index is 3.07. The highest BCUT2D eigenvalue weighted by molar-refractivity contribution is 5.67. The lowest BCUT2D eigenvalue weighted by Gasteiger charge is -2.18. The monoisotopic (exact) mass is 275 g/mol. The molecule has 1 aromatic rings. The Morgan fingerprint density at radius 3 is 2.45 bits per heavy atom. The van der Waals surface area contributed by atoms with Gasteiger partial charge < -0.3 is 0 Å². The van der Waals surface area contributed by atoms with E-state index in [1.54, 1.807) is 23.3 Å². The number of nitro benzene ring substituents is 1. The van der Waals surface area contributed by atoms with Crippen LogP contribution < -0.4 is 5.01 Å². The molecule has 1 aromatic carbocycles. The van der Waals surface area contributed by atoms with E-state index in [2.05, 4.69) is 18.6 Å². The van der Waals surface area contributed by atoms with Crippen molar-refractivity contribution in [1.29, 1.82) is 0 Å². The number of rotatable bonds is 7. The Morgan fingerprint density at radius 1 is 1.40 bits per heavy atom. The van der Waals surface area contributed by atoms with Gasteiger partial charge in [0.1, 0.15) is 0 Å². The van der Waals surface area contributed by atoms with E-state index in [0.717, 1.165) is 36.1 Å². The first-order valence-electron chi connectivity index (χ1n) is 6.71. The van der Waals surface area contributed by atoms with Crippen LogP contribution in [0.25, 0.3) is 0 Å². The lowest BCUT2D eigenvalue weighted by molar-refractivity contribution is -0.384. The second-order valence-corrected chi connectivity index (χ2v) is 4.65. The fourth-order valence-corrected chi connectivity index (χ4v) is 2.04. The summed E-state index contributed by atoms with van der Waals surface area (Å²) in [5.41, 5.74) is 2.56. The molecular formula is C15H21N3O2. The SMILES string of the molecule is C=CN(/N=C\CCCC)c1c(C)cc([N+](=O)[O-])cc1C. The van der Waals surface area contributed by atoms with Crippen molar-refractivity contribution in [3.8, 4) is 0 Å². The second-order valence-electron chi connectivity index (χ2n) is 4.65. The zero-order chi connectivity index (χ0) is 15.1. The quantitative estimate of drug-likeness (QED) is 0.322. The van der Waals surface area contributed by atoms with Crippen LogP contribution in [0.5, 0.6) is 0 Å². The zero-order valence-corrected chi connectivity index (χ0v) is 12.3. The summed E-state index contributed by atoms with van der Waals surface area (Å²) in [6.07, 6.45) is 6.59. The number of hydrogen-bond donors (Lipinski definition) is 0. The molecule has 0 amide bonds. The van der Waals surface area contributed by atoms with E-state index in [4.69, 9.17) is 0 Å². The summed E-state index contributed by atoms with van der Waals surface area (Å²) in [6.45, 7) is 9.56. The summed E-state index contributed by atoms with van der Waals surface area (Å²) in [6, 6.07) is 3.11. The summed E-state index contributed by atoms with van der Waals surface area (Å²) in [5.74, 6) is 0. The van der Waals surface area contributed by atoms with Gasteiger partial charge in [-0.25, -0.2) is 5.01 Å². The molecule has 0 aromatic heterocycles. The lowest BCUT2D eigenvalue weighted by Crippen LogP contribution is -2.11. The van der Waals surface area contributed by atoms with Crippen LogP contribution in [0.1, 0.15) is 37.3 Å². The smallest absolute Gasteiger partial charge is 0.258 e. The van der Waals surface area contributed by atoms with Crippen LogP contribution in [-0.4, -0.2) is 11.1 Å². The zero-order valence-electron chi connectivity index (χ0n) is 12.3. The summed E-state index contributed by atoms with van der Waals surface area (Å²) >= 11 is 0. The van der Waals surface area contributed by atoms with Crippen LogP contribution in [0.2, 0.25) is 0 Å². The average molecular weight is 275 g/mol. The minimum Gasteiger partial charge on any atom is -0.258 e. The third kappa shape index (κ3) is 3.91. The molecule has 0 aliphatic heterocycles. The van der Waals surface area contributed by atoms with Crippen LogP contribution in [0.3, 0.4) is 0 Å². The maximum absolute atomic E-state index is 10.8. The molecule has 0 fully saturated rings. The second kappa shape index (κ2) is 7.43. The number of aryl methyl sites for hydroxylation is 2. The van der Waals surface area contributed by atoms with Gasteiger partial charge in [-0.15, -0.1) is 0 Å². The normalized spacial score (nSPS) is 10.8. The van der Waals surface area contributed by atoms with Gasteiger partial charge in [-0.1, -0.05) is 19.9 Å². The van der Waals surface area contributed by atoms with Gasteiger partial charge in [0.15, 0.2) is 0 Å². The summed E-state index contributed by atoms with van der Waals surface area (Å²) < 4.78 is 0. The van der Waals surface area contributed by atoms with Crippen molar-refractivity contribution in [3.63, 3.8) is 0 Å². The minimum atomic E-state index is -0.382. The molecule has 0 aliphatic carbocycles. The number of benzene rings is 1. The van der Waals surface area contributed by atoms with Gasteiger partial charge in [-0.3, -0.25) is 10.1 Å². The molecule has 108 valence electrons. The highest BCUT2D eigenvalue weighted by atomic mass is 16.6. The first-order chi connectivity index (χ1) is 9.51. The van der Waals surface area contributed by atoms with Crippen LogP contribution in [0.15, 0.2) is 30.0 Å². The average Bonchev–Trinajstić information content (AvgIpc) is 2.40. The van der Waals surface area contributed by atoms with Crippen LogP contribution in [0, 0.1) is 24.0 Å². The molecule has 0 N–H and O–H groups in total. The molecule has 5 nitrogen and oxygen atoms in total. The van der Waals surface area contributed by atoms with E-state index in [-0.39, 0.29) is 10.6 Å². The van der Waals surface area contributed by atoms with E-state index in [1.807, 2.05) is 20.1 Å². The molecule has 1 rings (SSSR count). The van der Waals surface area contributed by atoms with E-state index >= 15 is 0 Å². The molecule has 0 saturated heterocycles. The lowest BCUT2D eigenvalue weighted by atomic mass is 10.1. The Morgan fingerprint density at radius 2 is 2.00 bits per heavy atom. The van der Waals surface area contributed by atoms with Crippen molar-refractivity contribution >= 4 is 17.6 Å². The molecule has 0 saturated carbocycles. The molecule has 0 spiro atoms. The first kappa shape index (κ1) is 15.9. The van der Waals surface area contributed by atoms with E-state index in [9.17, 15) is 10.1 Å². The first-order valence-corrected chi connectivity index (χ1v) is 6.71. The molecule has 0 atom stereocenters. The number of unbranched alkanes of at least 4 members (excludes halogenated alkanes) is 2. The fourth-order valence-electron chi connectivity index (χ4n) is 2.04. The number of nitro groups is 1. The van der Waals surface area contributed by atoms with Gasteiger partial charge in [-0.2, -0.15) is 5.10 Å². The molecule has 0 aliphatic rings. The number of hydrogen-bond acceptors (Lipinski definition) is 4. The summed E-state index contributed by atoms with van der Waals surface area (Å²) in [5, 5.41) is 16.9. The molecule has 0 unspecified atom stereocenters. The van der Waals surface area contributed by atoms with Crippen molar-refractivity contribution < 1.29 is 4.92 Å². The van der Waals surface area contributed by atoms with Gasteiger partial charge in [0.05, 0.1) is 10.6 Å². The Bertz CT molecular complexity index is 501. The van der Waals surface area contributed by atoms with Gasteiger partial charge >= 0.3 is 0 Å². The van der Waals surface area contributed by atoms with Crippen molar-refractivity contribution in [3.05, 3.63) is 46.2 Å². The highest BCUT2D eigenvalue weighted by Gasteiger charge is 2.15. The highest BCUT2D eigenvalue weighted by Crippen LogP contribution is 2.29. The number of nitrogens with zero attached hydrogens (tertiary/aromatic N) is 3. The maximum atomic E-state index is 10.8. The van der Waals surface area contributed by atoms with Gasteiger partial charge in [-0.05, 0) is 37.8 Å². The number of non-ortho nitro benzene ring substituents is 1. The maximum Gasteiger partial charge on any atom is 0.270 e. The molecule has 0 radical (unpaired) electrons. The summed E-state index contributed by atoms with van der Waals surface area (Å²) in [7, 11) is 0. The molecule has 20 heavy (non-hydrogen) atoms. The summed E-state index contributed by atoms with van der Waals surface area (Å²) in [4.78, 5) is 10.5. The minimum absolute atomic E-state index is 0.0997. The fraction of sp³-hybridized carbons (Fsp3) is 0.400. The van der Waals surface area contributed by atoms with Crippen molar-refractivity contribution in [2.75, 3.05) is 5.01 Å². The van der Waals surface area contributed by atoms with E-state index in [1.165, 1.54) is 0 Å². The Kier molecular flexibility index (Phi) is 5.90. The van der Waals surface area contributed by atoms with Gasteiger partial charge in [0, 0.05) is 24.5 Å². The largest absolute Gasteiger partial charge is 0.270 e. The van der Waals surface area contributed by atoms with Crippen molar-refractivity contribution in [1.82, 2.24) is 0 Å². The molecule has 0 bridgehead atoms. The third-order valence-electron chi connectivity index (χ3n) is 2.98. The number of anilines is 1. The Hall–Kier alpha value is -2.17. The third-order valence-corrected chi connectivity index (χ3v) is 2.98. The number of hydrazone groups is 1. The molecule has 5 heteroatoms. The van der Waals surface area contributed by atoms with Crippen LogP contribution >= 0.6 is 0 Å². The van der Waals surface area contributed by atoms with Crippen LogP contribution in [0.4, 0.5) is 11.4 Å². The van der Waals surface area contributed by atoms with Crippen molar-refractivity contribution in [2.45, 2.75) is 40.0 Å². The predicted molar refractivity (Wildman–Crippen MR) is 83.3 cm³/mol. The van der Waals surface area contributed by atoms with Crippen LogP contribution in [-0.2, 0) is 0 Å². The predicted octanol–water partition coefficient (Wildman–Crippen LogP) is 4.34. The molecule has 0 heterocycles. The topological polar surface area (TPSA) is 58.7 Å². The van der Waals surface area contributed by atoms with Gasteiger partial charge in [0.2, 0.25) is 0 Å². The van der Waals surface area contributed by atoms with Crippen molar-refractivity contribution in [2.24, 2.45) is 5.10 Å².